The van der Waals surface area contributed by atoms with E-state index in [0.717, 1.165) is 51.4 Å². The number of unbranched alkanes of at least 4 members (excludes halogenated alkanes) is 19. The smallest absolute Gasteiger partial charge is 0.306 e. The molecule has 0 rings (SSSR count). The summed E-state index contributed by atoms with van der Waals surface area (Å²) in [6.45, 7) is 4.48. The molecule has 0 saturated heterocycles. The minimum Gasteiger partial charge on any atom is -0.481 e. The number of carbonyl (C=O) groups is 2. The summed E-state index contributed by atoms with van der Waals surface area (Å²) in [5.74, 6) is -0.796. The van der Waals surface area contributed by atoms with Crippen molar-refractivity contribution in [3.05, 3.63) is 24.3 Å². The summed E-state index contributed by atoms with van der Waals surface area (Å²) in [5.41, 5.74) is 0. The van der Waals surface area contributed by atoms with Crippen LogP contribution < -0.4 is 0 Å². The van der Waals surface area contributed by atoms with Crippen molar-refractivity contribution in [3.8, 4) is 0 Å². The fourth-order valence-electron chi connectivity index (χ4n) is 4.85. The highest BCUT2D eigenvalue weighted by molar-refractivity contribution is 5.69. The van der Waals surface area contributed by atoms with Crippen LogP contribution in [0.4, 0.5) is 0 Å². The third kappa shape index (κ3) is 30.8. The topological polar surface area (TPSA) is 63.6 Å². The molecule has 0 aliphatic rings. The van der Waals surface area contributed by atoms with Gasteiger partial charge in [-0.25, -0.2) is 0 Å². The van der Waals surface area contributed by atoms with Crippen molar-refractivity contribution in [2.24, 2.45) is 0 Å². The average Bonchev–Trinajstić information content (AvgIpc) is 2.91. The van der Waals surface area contributed by atoms with Crippen molar-refractivity contribution in [3.63, 3.8) is 0 Å². The van der Waals surface area contributed by atoms with Crippen molar-refractivity contribution in [1.29, 1.82) is 0 Å². The molecule has 0 radical (unpaired) electrons. The van der Waals surface area contributed by atoms with Gasteiger partial charge in [0.05, 0.1) is 0 Å². The summed E-state index contributed by atoms with van der Waals surface area (Å²) in [7, 11) is 0. The van der Waals surface area contributed by atoms with Gasteiger partial charge in [0.25, 0.3) is 0 Å². The molecule has 0 aromatic heterocycles. The summed E-state index contributed by atoms with van der Waals surface area (Å²) in [5, 5.41) is 8.76. The van der Waals surface area contributed by atoms with E-state index in [-0.39, 0.29) is 18.5 Å². The first-order valence-corrected chi connectivity index (χ1v) is 16.8. The highest BCUT2D eigenvalue weighted by Crippen LogP contribution is 2.15. The molecule has 0 bridgehead atoms. The van der Waals surface area contributed by atoms with Crippen LogP contribution in [0.3, 0.4) is 0 Å². The molecule has 0 aliphatic heterocycles. The summed E-state index contributed by atoms with van der Waals surface area (Å²) in [6, 6.07) is 0. The molecule has 0 aromatic rings. The Labute approximate surface area is 242 Å². The van der Waals surface area contributed by atoms with Crippen LogP contribution in [0.15, 0.2) is 24.3 Å². The second kappa shape index (κ2) is 31.0. The van der Waals surface area contributed by atoms with E-state index in [9.17, 15) is 9.59 Å². The minimum absolute atomic E-state index is 0.0724. The molecule has 0 fully saturated rings. The Bertz CT molecular complexity index is 595. The summed E-state index contributed by atoms with van der Waals surface area (Å²) in [4.78, 5) is 23.1. The van der Waals surface area contributed by atoms with Gasteiger partial charge in [0.15, 0.2) is 0 Å². The zero-order chi connectivity index (χ0) is 28.7. The Morgan fingerprint density at radius 1 is 0.564 bits per heavy atom. The monoisotopic (exact) mass is 548 g/mol. The number of rotatable bonds is 30. The summed E-state index contributed by atoms with van der Waals surface area (Å²) in [6.07, 6.45) is 37.8. The molecule has 1 unspecified atom stereocenters. The molecule has 0 saturated carbocycles. The van der Waals surface area contributed by atoms with Crippen molar-refractivity contribution in [2.45, 2.75) is 187 Å². The number of carboxylic acid groups (broad SMARTS) is 1. The van der Waals surface area contributed by atoms with Crippen LogP contribution in [-0.4, -0.2) is 23.1 Å². The van der Waals surface area contributed by atoms with Gasteiger partial charge in [-0.05, 0) is 70.3 Å². The highest BCUT2D eigenvalue weighted by Gasteiger charge is 2.11. The lowest BCUT2D eigenvalue weighted by Crippen LogP contribution is -2.16. The molecule has 0 aliphatic carbocycles. The summed E-state index contributed by atoms with van der Waals surface area (Å²) >= 11 is 0. The van der Waals surface area contributed by atoms with E-state index in [2.05, 4.69) is 38.2 Å². The zero-order valence-corrected chi connectivity index (χ0v) is 25.9. The van der Waals surface area contributed by atoms with Gasteiger partial charge in [0, 0.05) is 12.8 Å². The van der Waals surface area contributed by atoms with Crippen LogP contribution in [0.1, 0.15) is 181 Å². The van der Waals surface area contributed by atoms with Crippen LogP contribution in [0, 0.1) is 0 Å². The second-order valence-electron chi connectivity index (χ2n) is 11.3. The molecule has 1 atom stereocenters. The zero-order valence-electron chi connectivity index (χ0n) is 25.9. The van der Waals surface area contributed by atoms with E-state index < -0.39 is 5.97 Å². The maximum Gasteiger partial charge on any atom is 0.306 e. The standard InChI is InChI=1S/C35H64O4/c1-3-5-7-9-10-11-12-13-14-15-16-17-18-19-20-22-28-32-35(38)39-33(29-25-21-8-6-4-2)30-26-23-24-27-31-34(36)37/h13-14,25,29,33H,3-12,15-24,26-28,30-32H2,1-2H3,(H,36,37)/b14-13-,29-25-. The second-order valence-corrected chi connectivity index (χ2v) is 11.3. The van der Waals surface area contributed by atoms with Gasteiger partial charge in [0.2, 0.25) is 0 Å². The maximum absolute atomic E-state index is 12.4. The number of carboxylic acids is 1. The lowest BCUT2D eigenvalue weighted by molar-refractivity contribution is -0.147. The fraction of sp³-hybridized carbons (Fsp3) is 0.829. The Morgan fingerprint density at radius 3 is 1.59 bits per heavy atom. The van der Waals surface area contributed by atoms with Crippen molar-refractivity contribution >= 4 is 11.9 Å². The number of aliphatic carboxylic acids is 1. The highest BCUT2D eigenvalue weighted by atomic mass is 16.5. The van der Waals surface area contributed by atoms with E-state index in [1.165, 1.54) is 103 Å². The van der Waals surface area contributed by atoms with Crippen molar-refractivity contribution in [1.82, 2.24) is 0 Å². The lowest BCUT2D eigenvalue weighted by Gasteiger charge is -2.15. The van der Waals surface area contributed by atoms with Crippen LogP contribution in [0.5, 0.6) is 0 Å². The molecule has 0 spiro atoms. The van der Waals surface area contributed by atoms with Crippen molar-refractivity contribution < 1.29 is 19.4 Å². The van der Waals surface area contributed by atoms with E-state index in [0.29, 0.717) is 6.42 Å². The van der Waals surface area contributed by atoms with E-state index >= 15 is 0 Å². The first kappa shape index (κ1) is 37.4. The molecule has 4 nitrogen and oxygen atoms in total. The predicted octanol–water partition coefficient (Wildman–Crippen LogP) is 11.3. The maximum atomic E-state index is 12.4. The number of allylic oxidation sites excluding steroid dienone is 3. The lowest BCUT2D eigenvalue weighted by atomic mass is 10.1. The van der Waals surface area contributed by atoms with Crippen LogP contribution in [0.2, 0.25) is 0 Å². The first-order valence-electron chi connectivity index (χ1n) is 16.8. The first-order chi connectivity index (χ1) is 19.1. The molecule has 228 valence electrons. The SMILES string of the molecule is CCCCC/C=C\C(CCCCCCC(=O)O)OC(=O)CCCCCCCCC/C=C\CCCCCCCC. The number of ether oxygens (including phenoxy) is 1. The summed E-state index contributed by atoms with van der Waals surface area (Å²) < 4.78 is 5.80. The van der Waals surface area contributed by atoms with E-state index in [4.69, 9.17) is 9.84 Å². The van der Waals surface area contributed by atoms with Crippen LogP contribution in [-0.2, 0) is 14.3 Å². The number of carbonyl (C=O) groups excluding carboxylic acids is 1. The Morgan fingerprint density at radius 2 is 1.00 bits per heavy atom. The molecule has 39 heavy (non-hydrogen) atoms. The Hall–Kier alpha value is -1.58. The average molecular weight is 549 g/mol. The van der Waals surface area contributed by atoms with E-state index in [1.54, 1.807) is 0 Å². The largest absolute Gasteiger partial charge is 0.481 e. The number of esters is 1. The normalized spacial score (nSPS) is 12.5. The van der Waals surface area contributed by atoms with Crippen LogP contribution >= 0.6 is 0 Å². The number of hydrogen-bond donors (Lipinski definition) is 1. The number of hydrogen-bond acceptors (Lipinski definition) is 3. The third-order valence-corrected chi connectivity index (χ3v) is 7.38. The quantitative estimate of drug-likeness (QED) is 0.0550. The molecule has 0 heterocycles. The van der Waals surface area contributed by atoms with Gasteiger partial charge in [-0.3, -0.25) is 9.59 Å². The van der Waals surface area contributed by atoms with Gasteiger partial charge < -0.3 is 9.84 Å². The Balaban J connectivity index is 3.84. The molecular weight excluding hydrogens is 484 g/mol. The van der Waals surface area contributed by atoms with E-state index in [1.807, 2.05) is 0 Å². The van der Waals surface area contributed by atoms with Gasteiger partial charge in [-0.1, -0.05) is 122 Å². The van der Waals surface area contributed by atoms with Crippen LogP contribution in [0.25, 0.3) is 0 Å². The van der Waals surface area contributed by atoms with Gasteiger partial charge in [0.1, 0.15) is 6.10 Å². The van der Waals surface area contributed by atoms with Crippen molar-refractivity contribution in [2.75, 3.05) is 0 Å². The molecule has 0 aromatic carbocycles. The van der Waals surface area contributed by atoms with Gasteiger partial charge in [-0.2, -0.15) is 0 Å². The van der Waals surface area contributed by atoms with Gasteiger partial charge in [-0.15, -0.1) is 0 Å². The Kier molecular flexibility index (Phi) is 29.7. The molecule has 0 amide bonds. The fourth-order valence-corrected chi connectivity index (χ4v) is 4.85. The predicted molar refractivity (Wildman–Crippen MR) is 167 cm³/mol. The third-order valence-electron chi connectivity index (χ3n) is 7.38. The molecule has 1 N–H and O–H groups in total. The minimum atomic E-state index is -0.724. The molecular formula is C35H64O4. The molecule has 4 heteroatoms. The van der Waals surface area contributed by atoms with Gasteiger partial charge >= 0.3 is 11.9 Å².